The first-order chi connectivity index (χ1) is 22.9. The summed E-state index contributed by atoms with van der Waals surface area (Å²) in [5.74, 6) is -0.0929. The van der Waals surface area contributed by atoms with Crippen LogP contribution >= 0.6 is 11.6 Å². The van der Waals surface area contributed by atoms with Crippen LogP contribution in [0.1, 0.15) is 64.8 Å². The molecule has 0 bridgehead atoms. The third-order valence-electron chi connectivity index (χ3n) is 8.68. The van der Waals surface area contributed by atoms with E-state index in [0.717, 1.165) is 0 Å². The summed E-state index contributed by atoms with van der Waals surface area (Å²) in [4.78, 5) is 50.3. The summed E-state index contributed by atoms with van der Waals surface area (Å²) in [6, 6.07) is 9.30. The van der Waals surface area contributed by atoms with E-state index in [0.29, 0.717) is 52.8 Å². The van der Waals surface area contributed by atoms with Gasteiger partial charge in [0.2, 0.25) is 5.91 Å². The first-order valence-electron chi connectivity index (χ1n) is 15.9. The Hall–Kier alpha value is -4.90. The van der Waals surface area contributed by atoms with E-state index in [2.05, 4.69) is 11.6 Å². The monoisotopic (exact) mass is 669 g/mol. The fraction of sp³-hybridized carbons (Fsp3) is 0.333. The van der Waals surface area contributed by atoms with E-state index in [1.165, 1.54) is 16.7 Å². The molecule has 5 aromatic rings. The number of rotatable bonds is 7. The van der Waals surface area contributed by atoms with E-state index < -0.39 is 11.5 Å². The van der Waals surface area contributed by atoms with Gasteiger partial charge in [-0.25, -0.2) is 28.7 Å². The maximum Gasteiger partial charge on any atom is 0.355 e. The second kappa shape index (κ2) is 13.0. The van der Waals surface area contributed by atoms with Crippen molar-refractivity contribution in [3.63, 3.8) is 0 Å². The molecule has 12 heteroatoms. The van der Waals surface area contributed by atoms with E-state index in [4.69, 9.17) is 31.0 Å². The van der Waals surface area contributed by atoms with Crippen molar-refractivity contribution in [3.05, 3.63) is 94.3 Å². The average molecular weight is 670 g/mol. The largest absolute Gasteiger partial charge is 0.472 e. The molecule has 0 aliphatic carbocycles. The SMILES string of the molecule is C=CC(=O)N1CC(C)N(c2nc(=O)n(-c3c(C(C)C)nc(-c4ccoc4)nc3C(C)C)c3nc(-c4ccccc4F)c(Cl)cc23)CC1C. The Morgan fingerprint density at radius 1 is 1.02 bits per heavy atom. The zero-order chi connectivity index (χ0) is 34.4. The summed E-state index contributed by atoms with van der Waals surface area (Å²) >= 11 is 6.89. The molecule has 4 aromatic heterocycles. The molecule has 1 fully saturated rings. The van der Waals surface area contributed by atoms with E-state index in [9.17, 15) is 9.59 Å². The smallest absolute Gasteiger partial charge is 0.355 e. The summed E-state index contributed by atoms with van der Waals surface area (Å²) in [7, 11) is 0. The molecule has 248 valence electrons. The molecule has 0 saturated carbocycles. The van der Waals surface area contributed by atoms with Crippen molar-refractivity contribution in [3.8, 4) is 28.3 Å². The van der Waals surface area contributed by atoms with Crippen LogP contribution in [-0.2, 0) is 4.79 Å². The Morgan fingerprint density at radius 2 is 1.71 bits per heavy atom. The molecular weight excluding hydrogens is 633 g/mol. The lowest BCUT2D eigenvalue weighted by Gasteiger charge is -2.44. The van der Waals surface area contributed by atoms with Gasteiger partial charge in [-0.1, -0.05) is 58.0 Å². The highest BCUT2D eigenvalue weighted by Crippen LogP contribution is 2.38. The summed E-state index contributed by atoms with van der Waals surface area (Å²) in [6.45, 7) is 16.3. The van der Waals surface area contributed by atoms with Crippen LogP contribution in [0.25, 0.3) is 39.4 Å². The minimum atomic E-state index is -0.597. The first-order valence-corrected chi connectivity index (χ1v) is 16.3. The summed E-state index contributed by atoms with van der Waals surface area (Å²) < 4.78 is 22.0. The quantitative estimate of drug-likeness (QED) is 0.168. The summed E-state index contributed by atoms with van der Waals surface area (Å²) in [6.07, 6.45) is 4.44. The van der Waals surface area contributed by atoms with Gasteiger partial charge in [0.15, 0.2) is 11.5 Å². The van der Waals surface area contributed by atoms with Gasteiger partial charge in [-0.3, -0.25) is 4.79 Å². The number of hydrogen-bond donors (Lipinski definition) is 0. The lowest BCUT2D eigenvalue weighted by molar-refractivity contribution is -0.128. The average Bonchev–Trinajstić information content (AvgIpc) is 3.60. The van der Waals surface area contributed by atoms with E-state index in [-0.39, 0.29) is 51.8 Å². The maximum atomic E-state index is 15.2. The number of aromatic nitrogens is 5. The number of carbonyl (C=O) groups excluding carboxylic acids is 1. The molecular formula is C36H37ClFN7O3. The number of carbonyl (C=O) groups is 1. The van der Waals surface area contributed by atoms with Crippen LogP contribution in [0, 0.1) is 5.82 Å². The Bertz CT molecular complexity index is 2060. The number of furan rings is 1. The number of hydrogen-bond acceptors (Lipinski definition) is 8. The van der Waals surface area contributed by atoms with Crippen LogP contribution in [0.3, 0.4) is 0 Å². The van der Waals surface area contributed by atoms with E-state index in [1.54, 1.807) is 47.8 Å². The Balaban J connectivity index is 1.69. The molecule has 6 rings (SSSR count). The third-order valence-corrected chi connectivity index (χ3v) is 8.97. The first kappa shape index (κ1) is 33.0. The van der Waals surface area contributed by atoms with Crippen LogP contribution in [0.15, 0.2) is 70.8 Å². The zero-order valence-electron chi connectivity index (χ0n) is 27.7. The van der Waals surface area contributed by atoms with Crippen LogP contribution < -0.4 is 10.6 Å². The molecule has 1 aliphatic heterocycles. The van der Waals surface area contributed by atoms with Crippen molar-refractivity contribution in [2.75, 3.05) is 18.0 Å². The van der Waals surface area contributed by atoms with Gasteiger partial charge < -0.3 is 14.2 Å². The molecule has 1 saturated heterocycles. The van der Waals surface area contributed by atoms with Crippen molar-refractivity contribution < 1.29 is 13.6 Å². The minimum absolute atomic E-state index is 0.137. The molecule has 1 aromatic carbocycles. The Morgan fingerprint density at radius 3 is 2.31 bits per heavy atom. The predicted molar refractivity (Wildman–Crippen MR) is 185 cm³/mol. The number of nitrogens with zero attached hydrogens (tertiary/aromatic N) is 7. The molecule has 48 heavy (non-hydrogen) atoms. The molecule has 2 unspecified atom stereocenters. The minimum Gasteiger partial charge on any atom is -0.472 e. The number of fused-ring (bicyclic) bond motifs is 1. The summed E-state index contributed by atoms with van der Waals surface area (Å²) in [5.41, 5.74) is 2.43. The van der Waals surface area contributed by atoms with Gasteiger partial charge in [-0.15, -0.1) is 0 Å². The normalized spacial score (nSPS) is 16.7. The highest BCUT2D eigenvalue weighted by molar-refractivity contribution is 6.33. The lowest BCUT2D eigenvalue weighted by atomic mass is 10.0. The molecule has 2 atom stereocenters. The number of piperazine rings is 1. The van der Waals surface area contributed by atoms with Crippen LogP contribution in [0.4, 0.5) is 10.2 Å². The van der Waals surface area contributed by atoms with Crippen molar-refractivity contribution in [2.24, 2.45) is 0 Å². The lowest BCUT2D eigenvalue weighted by Crippen LogP contribution is -2.58. The molecule has 5 heterocycles. The fourth-order valence-electron chi connectivity index (χ4n) is 6.26. The maximum absolute atomic E-state index is 15.2. The molecule has 1 amide bonds. The molecule has 0 radical (unpaired) electrons. The van der Waals surface area contributed by atoms with E-state index >= 15 is 4.39 Å². The Kier molecular flexibility index (Phi) is 8.91. The van der Waals surface area contributed by atoms with Crippen LogP contribution in [0.5, 0.6) is 0 Å². The summed E-state index contributed by atoms with van der Waals surface area (Å²) in [5, 5.41) is 0.687. The molecule has 0 spiro atoms. The van der Waals surface area contributed by atoms with Gasteiger partial charge >= 0.3 is 5.69 Å². The van der Waals surface area contributed by atoms with Crippen molar-refractivity contribution in [2.45, 2.75) is 65.5 Å². The number of anilines is 1. The molecule has 0 N–H and O–H groups in total. The Labute approximate surface area is 282 Å². The third kappa shape index (κ3) is 5.76. The van der Waals surface area contributed by atoms with Gasteiger partial charge in [0.1, 0.15) is 17.9 Å². The molecule has 1 aliphatic rings. The van der Waals surface area contributed by atoms with Crippen molar-refractivity contribution >= 4 is 34.4 Å². The van der Waals surface area contributed by atoms with Gasteiger partial charge in [0.25, 0.3) is 0 Å². The number of pyridine rings is 1. The molecule has 10 nitrogen and oxygen atoms in total. The number of halogens is 2. The second-order valence-electron chi connectivity index (χ2n) is 12.8. The van der Waals surface area contributed by atoms with E-state index in [1.807, 2.05) is 46.4 Å². The highest BCUT2D eigenvalue weighted by atomic mass is 35.5. The second-order valence-corrected chi connectivity index (χ2v) is 13.2. The van der Waals surface area contributed by atoms with Crippen LogP contribution in [0.2, 0.25) is 5.02 Å². The topological polar surface area (TPSA) is 110 Å². The standard InChI is InChI=1S/C36H37ClFN7O3/c1-8-28(46)43-16-22(7)44(17-21(43)6)34-25-15-26(37)31(24-11-9-10-12-27(24)38)41-35(25)45(36(47)42-34)32-29(19(2)3)39-33(23-13-14-48-18-23)40-30(32)20(4)5/h8-15,18-22H,1,16-17H2,2-7H3. The van der Waals surface area contributed by atoms with Crippen molar-refractivity contribution in [1.29, 1.82) is 0 Å². The fourth-order valence-corrected chi connectivity index (χ4v) is 6.51. The number of benzene rings is 1. The van der Waals surface area contributed by atoms with Gasteiger partial charge in [-0.05, 0) is 56.0 Å². The number of amides is 1. The predicted octanol–water partition coefficient (Wildman–Crippen LogP) is 7.15. The highest BCUT2D eigenvalue weighted by Gasteiger charge is 2.34. The van der Waals surface area contributed by atoms with Gasteiger partial charge in [0.05, 0.1) is 45.0 Å². The van der Waals surface area contributed by atoms with Gasteiger partial charge in [0, 0.05) is 30.7 Å². The van der Waals surface area contributed by atoms with Gasteiger partial charge in [-0.2, -0.15) is 4.98 Å². The van der Waals surface area contributed by atoms with Crippen LogP contribution in [-0.4, -0.2) is 60.5 Å². The zero-order valence-corrected chi connectivity index (χ0v) is 28.5. The van der Waals surface area contributed by atoms with Crippen molar-refractivity contribution in [1.82, 2.24) is 29.4 Å².